The van der Waals surface area contributed by atoms with Gasteiger partial charge in [0.1, 0.15) is 24.1 Å². The molecule has 1 heterocycles. The monoisotopic (exact) mass is 429 g/mol. The van der Waals surface area contributed by atoms with Crippen molar-refractivity contribution in [2.24, 2.45) is 0 Å². The maximum Gasteiger partial charge on any atom is 0.140 e. The van der Waals surface area contributed by atoms with Gasteiger partial charge in [-0.3, -0.25) is 0 Å². The fraction of sp³-hybridized carbons (Fsp3) is 0.333. The van der Waals surface area contributed by atoms with Crippen molar-refractivity contribution < 1.29 is 4.74 Å². The van der Waals surface area contributed by atoms with Gasteiger partial charge in [-0.2, -0.15) is 6.59 Å². The summed E-state index contributed by atoms with van der Waals surface area (Å²) in [5, 5.41) is 8.56. The van der Waals surface area contributed by atoms with Crippen molar-refractivity contribution in [1.82, 2.24) is 6.31 Å². The van der Waals surface area contributed by atoms with E-state index in [1.54, 1.807) is 18.3 Å². The van der Waals surface area contributed by atoms with Crippen LogP contribution >= 0.6 is 45.7 Å². The molecule has 0 fully saturated rings. The van der Waals surface area contributed by atoms with Gasteiger partial charge in [0.15, 0.2) is 0 Å². The Morgan fingerprint density at radius 3 is 2.80 bits per heavy atom. The van der Waals surface area contributed by atoms with Gasteiger partial charge in [0.05, 0.1) is 12.2 Å². The number of ether oxygens (including phenoxy) is 1. The van der Waals surface area contributed by atoms with E-state index >= 15 is 0 Å². The van der Waals surface area contributed by atoms with Crippen molar-refractivity contribution in [1.29, 1.82) is 5.26 Å². The molecule has 1 aromatic rings. The van der Waals surface area contributed by atoms with E-state index in [0.717, 1.165) is 0 Å². The van der Waals surface area contributed by atoms with Crippen LogP contribution < -0.4 is 4.74 Å². The van der Waals surface area contributed by atoms with E-state index in [9.17, 15) is 0 Å². The second-order valence-corrected chi connectivity index (χ2v) is 6.84. The first-order valence-electron chi connectivity index (χ1n) is 4.23. The normalized spacial score (nSPS) is 12.2. The van der Waals surface area contributed by atoms with Crippen molar-refractivity contribution in [3.63, 3.8) is 0 Å². The van der Waals surface area contributed by atoms with Crippen LogP contribution in [0.15, 0.2) is 18.3 Å². The zero-order chi connectivity index (χ0) is 11.3. The van der Waals surface area contributed by atoms with Crippen LogP contribution in [0.4, 0.5) is 0 Å². The number of nitriles is 1. The van der Waals surface area contributed by atoms with E-state index in [-0.39, 0.29) is 0 Å². The fourth-order valence-corrected chi connectivity index (χ4v) is 1.13. The second kappa shape index (κ2) is 6.44. The summed E-state index contributed by atoms with van der Waals surface area (Å²) < 4.78 is 7.53. The highest BCUT2D eigenvalue weighted by Crippen LogP contribution is 2.15. The third-order valence-electron chi connectivity index (χ3n) is 1.68. The average molecular weight is 429 g/mol. The number of nitrogens with zero attached hydrogens (tertiary/aromatic N) is 3. The van der Waals surface area contributed by atoms with E-state index in [1.807, 2.05) is 7.40 Å². The first-order chi connectivity index (χ1) is 7.13. The quantitative estimate of drug-likeness (QED) is 0.546. The maximum absolute atomic E-state index is 8.56. The molecule has 4 nitrogen and oxygen atoms in total. The van der Waals surface area contributed by atoms with Gasteiger partial charge in [0.25, 0.3) is 0 Å². The standard InChI is InChI=1S/C9H9I2N3O/c1-7(14(10)11)6-15-9-3-2-8(4-12)13-5-9/h2-3,5,7H,6H2,1H3. The van der Waals surface area contributed by atoms with Gasteiger partial charge >= 0.3 is 0 Å². The van der Waals surface area contributed by atoms with Crippen LogP contribution in [0.5, 0.6) is 5.75 Å². The summed E-state index contributed by atoms with van der Waals surface area (Å²) >= 11 is 4.41. The lowest BCUT2D eigenvalue weighted by atomic mass is 10.3. The van der Waals surface area contributed by atoms with Gasteiger partial charge in [-0.15, -0.1) is 0 Å². The molecule has 0 aromatic carbocycles. The zero-order valence-electron chi connectivity index (χ0n) is 8.02. The second-order valence-electron chi connectivity index (χ2n) is 2.91. The van der Waals surface area contributed by atoms with E-state index in [1.165, 1.54) is 0 Å². The van der Waals surface area contributed by atoms with Crippen LogP contribution in [0.25, 0.3) is 0 Å². The highest BCUT2D eigenvalue weighted by atomic mass is 127. The Hall–Kier alpha value is -0.140. The number of rotatable bonds is 4. The van der Waals surface area contributed by atoms with Gasteiger partial charge < -0.3 is 4.74 Å². The van der Waals surface area contributed by atoms with Gasteiger partial charge in [0.2, 0.25) is 0 Å². The van der Waals surface area contributed by atoms with Crippen LogP contribution in [-0.4, -0.2) is 19.0 Å². The molecule has 0 aliphatic heterocycles. The predicted molar refractivity (Wildman–Crippen MR) is 73.8 cm³/mol. The number of halogens is 2. The molecule has 0 saturated carbocycles. The molecule has 0 saturated heterocycles. The van der Waals surface area contributed by atoms with Crippen LogP contribution in [-0.2, 0) is 0 Å². The van der Waals surface area contributed by atoms with Gasteiger partial charge in [-0.25, -0.2) is 4.98 Å². The minimum atomic E-state index is 0.321. The Bertz CT molecular complexity index is 347. The van der Waals surface area contributed by atoms with Crippen LogP contribution in [0.2, 0.25) is 0 Å². The SMILES string of the molecule is CC(COc1ccc(C#N)nc1)N(I)I. The first-order valence-corrected chi connectivity index (χ1v) is 6.16. The fourth-order valence-electron chi connectivity index (χ4n) is 0.805. The smallest absolute Gasteiger partial charge is 0.140 e. The third kappa shape index (κ3) is 4.48. The van der Waals surface area contributed by atoms with Gasteiger partial charge in [-0.1, -0.05) is 0 Å². The van der Waals surface area contributed by atoms with Crippen molar-refractivity contribution in [2.75, 3.05) is 6.61 Å². The topological polar surface area (TPSA) is 49.1 Å². The molecule has 1 aromatic heterocycles. The molecule has 0 amide bonds. The maximum atomic E-state index is 8.56. The summed E-state index contributed by atoms with van der Waals surface area (Å²) in [6.45, 7) is 2.66. The molecular weight excluding hydrogens is 420 g/mol. The van der Waals surface area contributed by atoms with E-state index in [2.05, 4.69) is 57.6 Å². The number of hydrogen-bond acceptors (Lipinski definition) is 4. The Labute approximate surface area is 117 Å². The molecule has 80 valence electrons. The summed E-state index contributed by atoms with van der Waals surface area (Å²) in [4.78, 5) is 3.92. The molecule has 0 spiro atoms. The Morgan fingerprint density at radius 2 is 2.33 bits per heavy atom. The number of aromatic nitrogens is 1. The molecular formula is C9H9I2N3O. The molecule has 1 unspecified atom stereocenters. The molecule has 1 rings (SSSR count). The van der Waals surface area contributed by atoms with Crippen LogP contribution in [0.1, 0.15) is 12.6 Å². The highest BCUT2D eigenvalue weighted by Gasteiger charge is 2.08. The summed E-state index contributed by atoms with van der Waals surface area (Å²) in [6, 6.07) is 5.68. The molecule has 6 heteroatoms. The van der Waals surface area contributed by atoms with Crippen LogP contribution in [0, 0.1) is 11.3 Å². The summed E-state index contributed by atoms with van der Waals surface area (Å²) in [5.74, 6) is 0.690. The Morgan fingerprint density at radius 1 is 1.60 bits per heavy atom. The van der Waals surface area contributed by atoms with E-state index < -0.39 is 0 Å². The van der Waals surface area contributed by atoms with Gasteiger partial charge in [-0.05, 0) is 19.1 Å². The predicted octanol–water partition coefficient (Wildman–Crippen LogP) is 2.72. The van der Waals surface area contributed by atoms with Crippen molar-refractivity contribution >= 4 is 45.7 Å². The summed E-state index contributed by atoms with van der Waals surface area (Å²) in [7, 11) is 0. The van der Waals surface area contributed by atoms with Gasteiger partial charge in [0, 0.05) is 45.7 Å². The Kier molecular flexibility index (Phi) is 5.55. The van der Waals surface area contributed by atoms with Crippen molar-refractivity contribution in [2.45, 2.75) is 13.0 Å². The van der Waals surface area contributed by atoms with Crippen molar-refractivity contribution in [3.05, 3.63) is 24.0 Å². The lowest BCUT2D eigenvalue weighted by Gasteiger charge is -2.15. The highest BCUT2D eigenvalue weighted by molar-refractivity contribution is 14.2. The molecule has 0 bridgehead atoms. The molecule has 1 atom stereocenters. The summed E-state index contributed by atoms with van der Waals surface area (Å²) in [6.07, 6.45) is 1.57. The molecule has 0 aliphatic carbocycles. The largest absolute Gasteiger partial charge is 0.490 e. The minimum Gasteiger partial charge on any atom is -0.490 e. The molecule has 15 heavy (non-hydrogen) atoms. The number of hydrogen-bond donors (Lipinski definition) is 0. The first kappa shape index (κ1) is 12.9. The number of pyridine rings is 1. The Balaban J connectivity index is 2.48. The summed E-state index contributed by atoms with van der Waals surface area (Å²) in [5.41, 5.74) is 0.403. The lowest BCUT2D eigenvalue weighted by molar-refractivity contribution is 0.275. The average Bonchev–Trinajstić information content (AvgIpc) is 2.26. The minimum absolute atomic E-state index is 0.321. The van der Waals surface area contributed by atoms with Crippen LogP contribution in [0.3, 0.4) is 0 Å². The molecule has 0 radical (unpaired) electrons. The zero-order valence-corrected chi connectivity index (χ0v) is 12.3. The van der Waals surface area contributed by atoms with E-state index in [4.69, 9.17) is 10.00 Å². The van der Waals surface area contributed by atoms with Crippen molar-refractivity contribution in [3.8, 4) is 11.8 Å². The third-order valence-corrected chi connectivity index (χ3v) is 3.58. The molecule has 0 N–H and O–H groups in total. The van der Waals surface area contributed by atoms with E-state index in [0.29, 0.717) is 24.1 Å². The lowest BCUT2D eigenvalue weighted by Crippen LogP contribution is -2.22. The molecule has 0 aliphatic rings.